The van der Waals surface area contributed by atoms with Crippen LogP contribution in [0.1, 0.15) is 43.6 Å². The van der Waals surface area contributed by atoms with Gasteiger partial charge in [-0.3, -0.25) is 0 Å². The molecular weight excluding hydrogens is 436 g/mol. The first-order valence-electron chi connectivity index (χ1n) is 11.0. The van der Waals surface area contributed by atoms with Crippen molar-refractivity contribution in [3.8, 4) is 0 Å². The fourth-order valence-electron chi connectivity index (χ4n) is 4.88. The summed E-state index contributed by atoms with van der Waals surface area (Å²) in [5.41, 5.74) is 1.35. The number of hydrogen-bond acceptors (Lipinski definition) is 5. The average Bonchev–Trinajstić information content (AvgIpc) is 3.13. The van der Waals surface area contributed by atoms with Crippen molar-refractivity contribution < 1.29 is 21.9 Å². The second-order valence-electron chi connectivity index (χ2n) is 8.72. The zero-order valence-corrected chi connectivity index (χ0v) is 18.9. The van der Waals surface area contributed by atoms with Gasteiger partial charge in [0.05, 0.1) is 31.2 Å². The Morgan fingerprint density at radius 3 is 2.50 bits per heavy atom. The van der Waals surface area contributed by atoms with Crippen LogP contribution in [-0.4, -0.2) is 51.0 Å². The lowest BCUT2D eigenvalue weighted by atomic mass is 9.83. The molecule has 1 N–H and O–H groups in total. The highest BCUT2D eigenvalue weighted by Crippen LogP contribution is 2.35. The lowest BCUT2D eigenvalue weighted by Gasteiger charge is -2.33. The smallest absolute Gasteiger partial charge is 0.209 e. The van der Waals surface area contributed by atoms with Gasteiger partial charge in [-0.25, -0.2) is 26.9 Å². The van der Waals surface area contributed by atoms with Gasteiger partial charge < -0.3 is 9.64 Å². The second-order valence-corrected chi connectivity index (χ2v) is 10.5. The Morgan fingerprint density at radius 2 is 1.84 bits per heavy atom. The summed E-state index contributed by atoms with van der Waals surface area (Å²) in [6.07, 6.45) is 6.53. The van der Waals surface area contributed by atoms with E-state index in [1.165, 1.54) is 5.56 Å². The number of rotatable bonds is 7. The molecule has 1 saturated carbocycles. The van der Waals surface area contributed by atoms with Gasteiger partial charge in [0.15, 0.2) is 11.6 Å². The van der Waals surface area contributed by atoms with Crippen molar-refractivity contribution in [2.75, 3.05) is 24.3 Å². The van der Waals surface area contributed by atoms with Gasteiger partial charge in [-0.15, -0.1) is 0 Å². The number of sulfonamides is 1. The maximum atomic E-state index is 14.4. The van der Waals surface area contributed by atoms with Crippen LogP contribution in [0.5, 0.6) is 0 Å². The quantitative estimate of drug-likeness (QED) is 0.677. The maximum Gasteiger partial charge on any atom is 0.209 e. The summed E-state index contributed by atoms with van der Waals surface area (Å²) in [6.45, 7) is 0.643. The molecule has 6 nitrogen and oxygen atoms in total. The molecule has 2 heterocycles. The van der Waals surface area contributed by atoms with Crippen LogP contribution in [0.25, 0.3) is 0 Å². The molecule has 1 aromatic carbocycles. The molecule has 1 saturated heterocycles. The Morgan fingerprint density at radius 1 is 1.12 bits per heavy atom. The molecule has 9 heteroatoms. The molecule has 2 fully saturated rings. The predicted octanol–water partition coefficient (Wildman–Crippen LogP) is 3.60. The van der Waals surface area contributed by atoms with Gasteiger partial charge in [-0.1, -0.05) is 30.3 Å². The third-order valence-corrected chi connectivity index (χ3v) is 7.15. The van der Waals surface area contributed by atoms with Crippen LogP contribution in [0.4, 0.5) is 14.6 Å². The van der Waals surface area contributed by atoms with Crippen LogP contribution in [0.2, 0.25) is 0 Å². The van der Waals surface area contributed by atoms with Crippen molar-refractivity contribution in [3.05, 3.63) is 59.8 Å². The summed E-state index contributed by atoms with van der Waals surface area (Å²) in [6, 6.07) is 10.4. The molecule has 4 rings (SSSR count). The van der Waals surface area contributed by atoms with Crippen molar-refractivity contribution >= 4 is 15.8 Å². The number of benzene rings is 1. The molecule has 0 bridgehead atoms. The normalized spacial score (nSPS) is 26.4. The minimum atomic E-state index is -3.45. The van der Waals surface area contributed by atoms with E-state index in [0.717, 1.165) is 44.2 Å². The van der Waals surface area contributed by atoms with E-state index in [1.54, 1.807) is 4.90 Å². The van der Waals surface area contributed by atoms with Crippen LogP contribution in [0.3, 0.4) is 0 Å². The van der Waals surface area contributed by atoms with E-state index in [4.69, 9.17) is 4.74 Å². The molecular formula is C23H29F2N3O3S. The zero-order chi connectivity index (χ0) is 22.7. The summed E-state index contributed by atoms with van der Waals surface area (Å²) >= 11 is 0. The summed E-state index contributed by atoms with van der Waals surface area (Å²) in [5.74, 6) is -0.973. The van der Waals surface area contributed by atoms with Crippen LogP contribution in [0.15, 0.2) is 42.6 Å². The minimum Gasteiger partial charge on any atom is -0.376 e. The highest BCUT2D eigenvalue weighted by molar-refractivity contribution is 7.88. The molecule has 174 valence electrons. The van der Waals surface area contributed by atoms with Gasteiger partial charge in [-0.2, -0.15) is 0 Å². The standard InChI is InChI=1S/C23H29F2N3O3S/c1-32(29,30)27-21-11-12-28(23-20(25)13-18(24)14-26-23)22(21)15-31-19-9-7-17(8-10-19)16-5-3-2-4-6-16/h2-6,13-14,17,19,21-22,27H,7-12,15H2,1H3/t17-,19+,21-,22-/m0/s1. The molecule has 2 aliphatic rings. The number of halogens is 2. The van der Waals surface area contributed by atoms with Crippen molar-refractivity contribution in [3.63, 3.8) is 0 Å². The van der Waals surface area contributed by atoms with Gasteiger partial charge in [-0.05, 0) is 43.6 Å². The van der Waals surface area contributed by atoms with Gasteiger partial charge in [0.25, 0.3) is 0 Å². The Labute approximate surface area is 188 Å². The van der Waals surface area contributed by atoms with E-state index in [2.05, 4.69) is 34.0 Å². The average molecular weight is 466 g/mol. The molecule has 1 aliphatic carbocycles. The van der Waals surface area contributed by atoms with Gasteiger partial charge in [0, 0.05) is 18.7 Å². The van der Waals surface area contributed by atoms with Gasteiger partial charge in [0.2, 0.25) is 10.0 Å². The van der Waals surface area contributed by atoms with Crippen molar-refractivity contribution in [2.24, 2.45) is 0 Å². The fourth-order valence-corrected chi connectivity index (χ4v) is 5.70. The molecule has 2 atom stereocenters. The highest BCUT2D eigenvalue weighted by atomic mass is 32.2. The molecule has 2 aromatic rings. The van der Waals surface area contributed by atoms with Crippen LogP contribution < -0.4 is 9.62 Å². The van der Waals surface area contributed by atoms with Crippen LogP contribution in [0, 0.1) is 11.6 Å². The first-order chi connectivity index (χ1) is 15.3. The third kappa shape index (κ3) is 5.63. The number of ether oxygens (including phenoxy) is 1. The monoisotopic (exact) mass is 465 g/mol. The number of anilines is 1. The lowest BCUT2D eigenvalue weighted by Crippen LogP contribution is -2.48. The Kier molecular flexibility index (Phi) is 7.07. The number of hydrogen-bond donors (Lipinski definition) is 1. The maximum absolute atomic E-state index is 14.4. The Hall–Kier alpha value is -2.10. The number of nitrogens with zero attached hydrogens (tertiary/aromatic N) is 2. The summed E-state index contributed by atoms with van der Waals surface area (Å²) in [7, 11) is -3.45. The first kappa shape index (κ1) is 23.1. The number of pyridine rings is 1. The van der Waals surface area contributed by atoms with Crippen molar-refractivity contribution in [1.29, 1.82) is 0 Å². The van der Waals surface area contributed by atoms with E-state index < -0.39 is 33.7 Å². The SMILES string of the molecule is CS(=O)(=O)N[C@H]1CCN(c2ncc(F)cc2F)[C@H]1CO[C@H]1CC[C@@H](c2ccccc2)CC1. The summed E-state index contributed by atoms with van der Waals surface area (Å²) in [5, 5.41) is 0. The zero-order valence-electron chi connectivity index (χ0n) is 18.1. The molecule has 1 aliphatic heterocycles. The number of aromatic nitrogens is 1. The molecule has 0 amide bonds. The fraction of sp³-hybridized carbons (Fsp3) is 0.522. The summed E-state index contributed by atoms with van der Waals surface area (Å²) in [4.78, 5) is 5.61. The Bertz CT molecular complexity index is 1010. The van der Waals surface area contributed by atoms with Crippen LogP contribution >= 0.6 is 0 Å². The number of nitrogens with one attached hydrogen (secondary N) is 1. The lowest BCUT2D eigenvalue weighted by molar-refractivity contribution is 0.0155. The van der Waals surface area contributed by atoms with Crippen molar-refractivity contribution in [1.82, 2.24) is 9.71 Å². The minimum absolute atomic E-state index is 0.0191. The highest BCUT2D eigenvalue weighted by Gasteiger charge is 2.38. The molecule has 0 radical (unpaired) electrons. The van der Waals surface area contributed by atoms with Gasteiger partial charge >= 0.3 is 0 Å². The molecule has 0 spiro atoms. The summed E-state index contributed by atoms with van der Waals surface area (Å²) < 4.78 is 60.3. The first-order valence-corrected chi connectivity index (χ1v) is 12.9. The van der Waals surface area contributed by atoms with E-state index in [-0.39, 0.29) is 18.5 Å². The van der Waals surface area contributed by atoms with Gasteiger partial charge in [0.1, 0.15) is 5.82 Å². The molecule has 0 unspecified atom stereocenters. The largest absolute Gasteiger partial charge is 0.376 e. The molecule has 1 aromatic heterocycles. The predicted molar refractivity (Wildman–Crippen MR) is 119 cm³/mol. The molecule has 32 heavy (non-hydrogen) atoms. The van der Waals surface area contributed by atoms with E-state index in [0.29, 0.717) is 18.9 Å². The second kappa shape index (κ2) is 9.80. The van der Waals surface area contributed by atoms with Crippen LogP contribution in [-0.2, 0) is 14.8 Å². The Balaban J connectivity index is 1.42. The van der Waals surface area contributed by atoms with Crippen molar-refractivity contribution in [2.45, 2.75) is 56.2 Å². The third-order valence-electron chi connectivity index (χ3n) is 6.42. The van der Waals surface area contributed by atoms with E-state index in [1.807, 2.05) is 6.07 Å². The topological polar surface area (TPSA) is 71.5 Å². The van der Waals surface area contributed by atoms with E-state index >= 15 is 0 Å². The van der Waals surface area contributed by atoms with E-state index in [9.17, 15) is 17.2 Å².